The molecule has 0 spiro atoms. The molecule has 3 aromatic heterocycles. The number of para-hydroxylation sites is 1. The molecule has 0 radical (unpaired) electrons. The van der Waals surface area contributed by atoms with E-state index in [1.807, 2.05) is 0 Å². The maximum atomic E-state index is 13.1. The Hall–Kier alpha value is -4.60. The fourth-order valence-corrected chi connectivity index (χ4v) is 3.56. The molecule has 2 aromatic carbocycles. The molecule has 10 heteroatoms. The highest BCUT2D eigenvalue weighted by Gasteiger charge is 2.13. The van der Waals surface area contributed by atoms with E-state index in [0.717, 1.165) is 10.9 Å². The molecule has 0 aliphatic heterocycles. The minimum absolute atomic E-state index is 0.0522. The molecule has 0 unspecified atom stereocenters. The third-order valence-electron chi connectivity index (χ3n) is 5.27. The summed E-state index contributed by atoms with van der Waals surface area (Å²) < 4.78 is 20.3. The van der Waals surface area contributed by atoms with Crippen LogP contribution in [0.15, 0.2) is 76.3 Å². The Morgan fingerprint density at radius 1 is 1.06 bits per heavy atom. The predicted molar refractivity (Wildman–Crippen MR) is 124 cm³/mol. The van der Waals surface area contributed by atoms with E-state index in [0.29, 0.717) is 35.5 Å². The smallest absolute Gasteiger partial charge is 0.287 e. The Morgan fingerprint density at radius 3 is 2.74 bits per heavy atom. The Balaban J connectivity index is 1.25. The van der Waals surface area contributed by atoms with Gasteiger partial charge in [0.05, 0.1) is 23.5 Å². The second-order valence-corrected chi connectivity index (χ2v) is 7.53. The Bertz CT molecular complexity index is 1540. The lowest BCUT2D eigenvalue weighted by Gasteiger charge is -2.08. The zero-order valence-corrected chi connectivity index (χ0v) is 17.9. The number of anilines is 1. The van der Waals surface area contributed by atoms with Crippen molar-refractivity contribution in [2.75, 3.05) is 11.9 Å². The zero-order chi connectivity index (χ0) is 23.5. The van der Waals surface area contributed by atoms with Crippen LogP contribution >= 0.6 is 0 Å². The van der Waals surface area contributed by atoms with Crippen LogP contribution in [0.3, 0.4) is 0 Å². The third kappa shape index (κ3) is 4.33. The first-order valence-corrected chi connectivity index (χ1v) is 10.5. The number of hydrogen-bond acceptors (Lipinski definition) is 7. The number of rotatable bonds is 7. The summed E-state index contributed by atoms with van der Waals surface area (Å²) in [5, 5.41) is 11.4. The largest absolute Gasteiger partial charge is 0.451 e. The molecule has 1 amide bonds. The van der Waals surface area contributed by atoms with E-state index in [9.17, 15) is 14.0 Å². The van der Waals surface area contributed by atoms with Gasteiger partial charge in [-0.1, -0.05) is 24.3 Å². The topological polar surface area (TPSA) is 115 Å². The summed E-state index contributed by atoms with van der Waals surface area (Å²) in [6.07, 6.45) is 3.07. The van der Waals surface area contributed by atoms with Gasteiger partial charge in [-0.15, -0.1) is 0 Å². The third-order valence-corrected chi connectivity index (χ3v) is 5.27. The zero-order valence-electron chi connectivity index (χ0n) is 17.9. The number of nitrogens with zero attached hydrogens (tertiary/aromatic N) is 4. The maximum absolute atomic E-state index is 13.1. The molecule has 3 heterocycles. The van der Waals surface area contributed by atoms with Crippen LogP contribution in [0.25, 0.3) is 22.0 Å². The van der Waals surface area contributed by atoms with Crippen molar-refractivity contribution in [3.63, 3.8) is 0 Å². The number of fused-ring (bicyclic) bond motifs is 2. The summed E-state index contributed by atoms with van der Waals surface area (Å²) >= 11 is 0. The van der Waals surface area contributed by atoms with Gasteiger partial charge in [-0.3, -0.25) is 9.59 Å². The second-order valence-electron chi connectivity index (χ2n) is 7.53. The minimum atomic E-state index is -0.490. The molecule has 0 aliphatic rings. The standard InChI is InChI=1S/C24H19FN6O3/c25-16-7-5-15(6-8-16)12-27-22-18-13-30-31(23(18)29-14-28-22)10-9-26-24(33)21-11-19(32)17-3-1-2-4-20(17)34-21/h1-8,11,13-14H,9-10,12H2,(H,26,33)(H,27,28,29). The molecule has 0 saturated carbocycles. The summed E-state index contributed by atoms with van der Waals surface area (Å²) in [6, 6.07) is 14.2. The summed E-state index contributed by atoms with van der Waals surface area (Å²) in [7, 11) is 0. The first-order valence-electron chi connectivity index (χ1n) is 10.5. The van der Waals surface area contributed by atoms with Crippen molar-refractivity contribution < 1.29 is 13.6 Å². The second kappa shape index (κ2) is 9.10. The van der Waals surface area contributed by atoms with Gasteiger partial charge in [-0.05, 0) is 29.8 Å². The van der Waals surface area contributed by atoms with E-state index in [2.05, 4.69) is 25.7 Å². The average molecular weight is 458 g/mol. The normalized spacial score (nSPS) is 11.1. The van der Waals surface area contributed by atoms with Crippen molar-refractivity contribution in [1.29, 1.82) is 0 Å². The van der Waals surface area contributed by atoms with Gasteiger partial charge in [0.2, 0.25) is 0 Å². The van der Waals surface area contributed by atoms with E-state index in [-0.39, 0.29) is 23.6 Å². The molecular weight excluding hydrogens is 439 g/mol. The van der Waals surface area contributed by atoms with Gasteiger partial charge in [0, 0.05) is 19.2 Å². The first kappa shape index (κ1) is 21.3. The van der Waals surface area contributed by atoms with Crippen LogP contribution in [0, 0.1) is 5.82 Å². The van der Waals surface area contributed by atoms with E-state index in [1.54, 1.807) is 47.3 Å². The number of carbonyl (C=O) groups is 1. The molecule has 0 bridgehead atoms. The van der Waals surface area contributed by atoms with Crippen LogP contribution in [0.1, 0.15) is 16.1 Å². The SMILES string of the molecule is O=C(NCCn1ncc2c(NCc3ccc(F)cc3)ncnc21)c1cc(=O)c2ccccc2o1. The Morgan fingerprint density at radius 2 is 1.88 bits per heavy atom. The lowest BCUT2D eigenvalue weighted by molar-refractivity contribution is 0.0925. The molecule has 34 heavy (non-hydrogen) atoms. The number of carbonyl (C=O) groups excluding carboxylic acids is 1. The molecule has 0 aliphatic carbocycles. The fraction of sp³-hybridized carbons (Fsp3) is 0.125. The highest BCUT2D eigenvalue weighted by molar-refractivity contribution is 5.93. The van der Waals surface area contributed by atoms with Gasteiger partial charge < -0.3 is 15.1 Å². The predicted octanol–water partition coefficient (Wildman–Crippen LogP) is 3.11. The van der Waals surface area contributed by atoms with Crippen molar-refractivity contribution in [1.82, 2.24) is 25.1 Å². The minimum Gasteiger partial charge on any atom is -0.451 e. The molecule has 5 rings (SSSR count). The van der Waals surface area contributed by atoms with Gasteiger partial charge in [0.25, 0.3) is 5.91 Å². The number of amides is 1. The van der Waals surface area contributed by atoms with Crippen LogP contribution in [-0.4, -0.2) is 32.2 Å². The quantitative estimate of drug-likeness (QED) is 0.385. The van der Waals surface area contributed by atoms with Gasteiger partial charge >= 0.3 is 0 Å². The number of halogens is 1. The highest BCUT2D eigenvalue weighted by atomic mass is 19.1. The fourth-order valence-electron chi connectivity index (χ4n) is 3.56. The van der Waals surface area contributed by atoms with E-state index in [4.69, 9.17) is 4.42 Å². The Labute approximate surface area is 192 Å². The van der Waals surface area contributed by atoms with Gasteiger partial charge in [0.15, 0.2) is 16.8 Å². The molecule has 0 saturated heterocycles. The number of hydrogen-bond donors (Lipinski definition) is 2. The molecule has 0 fully saturated rings. The van der Waals surface area contributed by atoms with Crippen LogP contribution in [0.5, 0.6) is 0 Å². The molecular formula is C24H19FN6O3. The van der Waals surface area contributed by atoms with Crippen molar-refractivity contribution in [2.45, 2.75) is 13.1 Å². The number of benzene rings is 2. The van der Waals surface area contributed by atoms with E-state index >= 15 is 0 Å². The van der Waals surface area contributed by atoms with Crippen molar-refractivity contribution >= 4 is 33.7 Å². The molecule has 2 N–H and O–H groups in total. The highest BCUT2D eigenvalue weighted by Crippen LogP contribution is 2.19. The van der Waals surface area contributed by atoms with Crippen LogP contribution < -0.4 is 16.1 Å². The van der Waals surface area contributed by atoms with Crippen LogP contribution in [0.2, 0.25) is 0 Å². The average Bonchev–Trinajstić information content (AvgIpc) is 3.27. The molecule has 170 valence electrons. The monoisotopic (exact) mass is 458 g/mol. The van der Waals surface area contributed by atoms with E-state index in [1.165, 1.54) is 24.5 Å². The summed E-state index contributed by atoms with van der Waals surface area (Å²) in [5.74, 6) is -0.230. The summed E-state index contributed by atoms with van der Waals surface area (Å²) in [6.45, 7) is 1.06. The summed E-state index contributed by atoms with van der Waals surface area (Å²) in [5.41, 5.74) is 1.59. The van der Waals surface area contributed by atoms with Crippen molar-refractivity contribution in [3.05, 3.63) is 94.5 Å². The number of nitrogens with one attached hydrogen (secondary N) is 2. The van der Waals surface area contributed by atoms with E-state index < -0.39 is 5.91 Å². The Kier molecular flexibility index (Phi) is 5.69. The lowest BCUT2D eigenvalue weighted by Crippen LogP contribution is -2.28. The lowest BCUT2D eigenvalue weighted by atomic mass is 10.2. The van der Waals surface area contributed by atoms with Crippen molar-refractivity contribution in [2.24, 2.45) is 0 Å². The first-order chi connectivity index (χ1) is 16.6. The molecule has 5 aromatic rings. The van der Waals surface area contributed by atoms with Crippen LogP contribution in [-0.2, 0) is 13.1 Å². The maximum Gasteiger partial charge on any atom is 0.287 e. The van der Waals surface area contributed by atoms with Gasteiger partial charge in [-0.2, -0.15) is 5.10 Å². The van der Waals surface area contributed by atoms with Gasteiger partial charge in [-0.25, -0.2) is 19.0 Å². The molecule has 9 nitrogen and oxygen atoms in total. The van der Waals surface area contributed by atoms with Crippen LogP contribution in [0.4, 0.5) is 10.2 Å². The summed E-state index contributed by atoms with van der Waals surface area (Å²) in [4.78, 5) is 33.3. The van der Waals surface area contributed by atoms with Crippen molar-refractivity contribution in [3.8, 4) is 0 Å². The number of aromatic nitrogens is 4. The molecule has 0 atom stereocenters. The van der Waals surface area contributed by atoms with Gasteiger partial charge in [0.1, 0.15) is 23.5 Å².